The number of aryl methyl sites for hydroxylation is 1. The Labute approximate surface area is 163 Å². The summed E-state index contributed by atoms with van der Waals surface area (Å²) in [7, 11) is 0. The van der Waals surface area contributed by atoms with E-state index in [-0.39, 0.29) is 5.28 Å². The fourth-order valence-electron chi connectivity index (χ4n) is 2.90. The van der Waals surface area contributed by atoms with Crippen molar-refractivity contribution in [2.45, 2.75) is 40.3 Å². The third-order valence-corrected chi connectivity index (χ3v) is 4.17. The molecule has 2 aromatic heterocycles. The highest BCUT2D eigenvalue weighted by Gasteiger charge is 2.15. The Morgan fingerprint density at radius 3 is 2.67 bits per heavy atom. The number of rotatable bonds is 9. The van der Waals surface area contributed by atoms with Crippen molar-refractivity contribution in [3.8, 4) is 11.5 Å². The summed E-state index contributed by atoms with van der Waals surface area (Å²) in [5.74, 6) is 2.07. The monoisotopic (exact) mass is 389 g/mol. The van der Waals surface area contributed by atoms with E-state index in [0.29, 0.717) is 31.1 Å². The Balaban J connectivity index is 1.90. The molecule has 0 spiro atoms. The molecular formula is C19H24ClN5O2. The minimum absolute atomic E-state index is 0.191. The van der Waals surface area contributed by atoms with E-state index in [1.54, 1.807) is 6.33 Å². The molecule has 1 N–H and O–H groups in total. The van der Waals surface area contributed by atoms with Gasteiger partial charge in [-0.2, -0.15) is 9.97 Å². The molecule has 3 rings (SSSR count). The molecule has 0 fully saturated rings. The van der Waals surface area contributed by atoms with Gasteiger partial charge in [-0.25, -0.2) is 4.98 Å². The molecule has 7 nitrogen and oxygen atoms in total. The highest BCUT2D eigenvalue weighted by molar-refractivity contribution is 6.28. The zero-order valence-corrected chi connectivity index (χ0v) is 16.6. The first-order valence-corrected chi connectivity index (χ1v) is 9.55. The van der Waals surface area contributed by atoms with Gasteiger partial charge in [0.25, 0.3) is 0 Å². The lowest BCUT2D eigenvalue weighted by atomic mass is 10.2. The second kappa shape index (κ2) is 8.90. The molecule has 0 unspecified atom stereocenters. The van der Waals surface area contributed by atoms with Crippen molar-refractivity contribution >= 4 is 28.6 Å². The van der Waals surface area contributed by atoms with Gasteiger partial charge >= 0.3 is 0 Å². The molecule has 2 heterocycles. The molecule has 0 aliphatic carbocycles. The Hall–Kier alpha value is -2.54. The lowest BCUT2D eigenvalue weighted by Gasteiger charge is -2.15. The predicted molar refractivity (Wildman–Crippen MR) is 107 cm³/mol. The van der Waals surface area contributed by atoms with Crippen LogP contribution >= 0.6 is 11.6 Å². The Morgan fingerprint density at radius 2 is 1.93 bits per heavy atom. The maximum Gasteiger partial charge on any atom is 0.226 e. The highest BCUT2D eigenvalue weighted by atomic mass is 35.5. The van der Waals surface area contributed by atoms with E-state index < -0.39 is 0 Å². The standard InChI is InChI=1S/C19H24ClN5O2/c1-4-10-25-12-22-15-17(23-19(20)24-18(15)25)21-11-13-8-7-9-14(26-5-2)16(13)27-6-3/h7-9,12H,4-6,10-11H2,1-3H3,(H,21,23,24). The van der Waals surface area contributed by atoms with E-state index in [9.17, 15) is 0 Å². The van der Waals surface area contributed by atoms with Crippen molar-refractivity contribution in [1.29, 1.82) is 0 Å². The lowest BCUT2D eigenvalue weighted by molar-refractivity contribution is 0.285. The number of para-hydroxylation sites is 1. The number of nitrogens with one attached hydrogen (secondary N) is 1. The van der Waals surface area contributed by atoms with Gasteiger partial charge in [0.15, 0.2) is 28.5 Å². The van der Waals surface area contributed by atoms with E-state index in [1.165, 1.54) is 0 Å². The number of ether oxygens (including phenoxy) is 2. The molecule has 0 atom stereocenters. The van der Waals surface area contributed by atoms with Gasteiger partial charge in [0, 0.05) is 18.7 Å². The zero-order chi connectivity index (χ0) is 19.2. The van der Waals surface area contributed by atoms with Gasteiger partial charge in [0.05, 0.1) is 19.5 Å². The number of anilines is 1. The van der Waals surface area contributed by atoms with Crippen molar-refractivity contribution in [3.63, 3.8) is 0 Å². The van der Waals surface area contributed by atoms with E-state index >= 15 is 0 Å². The van der Waals surface area contributed by atoms with E-state index in [1.807, 2.05) is 36.6 Å². The van der Waals surface area contributed by atoms with E-state index in [4.69, 9.17) is 21.1 Å². The maximum atomic E-state index is 6.13. The van der Waals surface area contributed by atoms with Crippen LogP contribution in [0.5, 0.6) is 11.5 Å². The molecule has 8 heteroatoms. The fraction of sp³-hybridized carbons (Fsp3) is 0.421. The minimum atomic E-state index is 0.191. The first-order valence-electron chi connectivity index (χ1n) is 9.17. The summed E-state index contributed by atoms with van der Waals surface area (Å²) in [5.41, 5.74) is 2.40. The van der Waals surface area contributed by atoms with E-state index in [0.717, 1.165) is 35.7 Å². The molecule has 27 heavy (non-hydrogen) atoms. The Kier molecular flexibility index (Phi) is 6.34. The predicted octanol–water partition coefficient (Wildman–Crippen LogP) is 4.30. The largest absolute Gasteiger partial charge is 0.490 e. The van der Waals surface area contributed by atoms with Crippen molar-refractivity contribution in [3.05, 3.63) is 35.4 Å². The Bertz CT molecular complexity index is 912. The van der Waals surface area contributed by atoms with Crippen LogP contribution in [0.3, 0.4) is 0 Å². The molecule has 0 aliphatic heterocycles. The normalized spacial score (nSPS) is 11.0. The second-order valence-electron chi connectivity index (χ2n) is 5.92. The quantitative estimate of drug-likeness (QED) is 0.550. The van der Waals surface area contributed by atoms with Gasteiger partial charge in [-0.15, -0.1) is 0 Å². The van der Waals surface area contributed by atoms with Crippen LogP contribution in [-0.4, -0.2) is 32.7 Å². The van der Waals surface area contributed by atoms with Crippen LogP contribution in [-0.2, 0) is 13.1 Å². The number of fused-ring (bicyclic) bond motifs is 1. The number of imidazole rings is 1. The molecule has 0 saturated heterocycles. The smallest absolute Gasteiger partial charge is 0.226 e. The fourth-order valence-corrected chi connectivity index (χ4v) is 3.07. The first-order chi connectivity index (χ1) is 13.2. The average Bonchev–Trinajstić information content (AvgIpc) is 3.05. The average molecular weight is 390 g/mol. The topological polar surface area (TPSA) is 74.1 Å². The summed E-state index contributed by atoms with van der Waals surface area (Å²) < 4.78 is 13.5. The van der Waals surface area contributed by atoms with Crippen LogP contribution in [0, 0.1) is 0 Å². The van der Waals surface area contributed by atoms with Crippen LogP contribution in [0.1, 0.15) is 32.8 Å². The third-order valence-electron chi connectivity index (χ3n) is 4.00. The van der Waals surface area contributed by atoms with Crippen LogP contribution in [0.25, 0.3) is 11.2 Å². The van der Waals surface area contributed by atoms with Crippen LogP contribution in [0.15, 0.2) is 24.5 Å². The Morgan fingerprint density at radius 1 is 1.11 bits per heavy atom. The first kappa shape index (κ1) is 19.2. The van der Waals surface area contributed by atoms with Gasteiger partial charge in [0.2, 0.25) is 5.28 Å². The van der Waals surface area contributed by atoms with E-state index in [2.05, 4.69) is 27.2 Å². The van der Waals surface area contributed by atoms with Gasteiger partial charge < -0.3 is 19.4 Å². The summed E-state index contributed by atoms with van der Waals surface area (Å²) in [6, 6.07) is 5.85. The number of hydrogen-bond acceptors (Lipinski definition) is 6. The van der Waals surface area contributed by atoms with Crippen molar-refractivity contribution < 1.29 is 9.47 Å². The van der Waals surface area contributed by atoms with Gasteiger partial charge in [-0.1, -0.05) is 19.1 Å². The molecule has 144 valence electrons. The molecule has 0 amide bonds. The second-order valence-corrected chi connectivity index (χ2v) is 6.25. The highest BCUT2D eigenvalue weighted by Crippen LogP contribution is 2.32. The van der Waals surface area contributed by atoms with Crippen LogP contribution in [0.4, 0.5) is 5.82 Å². The number of nitrogens with zero attached hydrogens (tertiary/aromatic N) is 4. The molecule has 0 saturated carbocycles. The number of hydrogen-bond donors (Lipinski definition) is 1. The third kappa shape index (κ3) is 4.24. The molecule has 0 aliphatic rings. The van der Waals surface area contributed by atoms with Crippen molar-refractivity contribution in [2.75, 3.05) is 18.5 Å². The molecular weight excluding hydrogens is 366 g/mol. The van der Waals surface area contributed by atoms with Crippen molar-refractivity contribution in [2.24, 2.45) is 0 Å². The molecule has 1 aromatic carbocycles. The lowest BCUT2D eigenvalue weighted by Crippen LogP contribution is -2.07. The summed E-state index contributed by atoms with van der Waals surface area (Å²) in [6.07, 6.45) is 2.75. The SMILES string of the molecule is CCCn1cnc2c(NCc3cccc(OCC)c3OCC)nc(Cl)nc21. The van der Waals surface area contributed by atoms with Gasteiger partial charge in [-0.3, -0.25) is 0 Å². The molecule has 3 aromatic rings. The van der Waals surface area contributed by atoms with Crippen LogP contribution in [0.2, 0.25) is 5.28 Å². The summed E-state index contributed by atoms with van der Waals surface area (Å²) in [5, 5.41) is 3.51. The summed E-state index contributed by atoms with van der Waals surface area (Å²) in [6.45, 7) is 8.47. The summed E-state index contributed by atoms with van der Waals surface area (Å²) >= 11 is 6.13. The summed E-state index contributed by atoms with van der Waals surface area (Å²) in [4.78, 5) is 13.1. The molecule has 0 bridgehead atoms. The number of benzene rings is 1. The molecule has 0 radical (unpaired) electrons. The number of halogens is 1. The van der Waals surface area contributed by atoms with Crippen LogP contribution < -0.4 is 14.8 Å². The number of aromatic nitrogens is 4. The van der Waals surface area contributed by atoms with Gasteiger partial charge in [-0.05, 0) is 37.9 Å². The maximum absolute atomic E-state index is 6.13. The zero-order valence-electron chi connectivity index (χ0n) is 15.8. The van der Waals surface area contributed by atoms with Gasteiger partial charge in [0.1, 0.15) is 0 Å². The minimum Gasteiger partial charge on any atom is -0.490 e. The van der Waals surface area contributed by atoms with Crippen molar-refractivity contribution in [1.82, 2.24) is 19.5 Å².